The fourth-order valence-corrected chi connectivity index (χ4v) is 19.3. The molecule has 15 heterocycles. The Bertz CT molecular complexity index is 9060. The standard InChI is InChI=1S/C27H31N2O.C26H29N2O.C26H31N2O.C24H27N2O.C22H23N2O/c1-17(2)20-14-15-29(4)24(16-20)25-18(3)10-11-21-22-12-13-23(19-8-6-5-7-9-19)28-27(22)30-26(21)25;1-16(2)19-13-14-28(4)23(15-19)24-17(3)9-10-20-21-11-12-22(18-7-5-6-8-18)27-26(21)29-25(20)24;1-16(2)18-12-13-28(7)22(14-18)23-17(3)8-10-20-21-11-9-19(15-26(4,5)6)27-25(21)29-24(20)23;1-14(2)17-11-12-26(6)21(13-17)22-16(5)7-8-18-19-9-10-20(15(3)4)25-24(19)27-23(18)22;1-13(2)16-10-11-24(5)19(12-16)20-14(3)6-8-17-18-9-7-15(4)23-22(18)25-21(17)20/h10-17,19H,5-9H2,1-4H3;9-16,18H,5-8H2,1-4H3;8-14,16H,15H2,1-7H3;7-15H,1-6H3;6-13H,1-5H3/q5*+1/i8D2,9D2,19D;7D2,18D;4D3,5D3;15D;1D3,13D. The molecule has 140 heavy (non-hydrogen) atoms. The van der Waals surface area contributed by atoms with Gasteiger partial charge in [0.15, 0.2) is 58.9 Å². The number of hydrogen-bond donors (Lipinski definition) is 0. The lowest BCUT2D eigenvalue weighted by atomic mass is 9.86. The van der Waals surface area contributed by atoms with E-state index in [0.29, 0.717) is 117 Å². The normalized spacial score (nSPS) is 18.4. The number of fused-ring (bicyclic) bond motifs is 15. The van der Waals surface area contributed by atoms with Gasteiger partial charge in [-0.1, -0.05) is 196 Å². The molecule has 15 nitrogen and oxygen atoms in total. The summed E-state index contributed by atoms with van der Waals surface area (Å²) >= 11 is 0. The van der Waals surface area contributed by atoms with Gasteiger partial charge in [0.25, 0.3) is 0 Å². The van der Waals surface area contributed by atoms with Gasteiger partial charge in [0, 0.05) is 181 Å². The second kappa shape index (κ2) is 39.7. The van der Waals surface area contributed by atoms with E-state index in [-0.39, 0.29) is 25.0 Å². The van der Waals surface area contributed by atoms with Crippen LogP contribution in [0, 0.1) is 47.0 Å². The largest absolute Gasteiger partial charge is 0.437 e. The Balaban J connectivity index is 0.000000129. The average molecular weight is 1880 g/mol. The van der Waals surface area contributed by atoms with Gasteiger partial charge in [0.05, 0.1) is 27.8 Å². The van der Waals surface area contributed by atoms with Gasteiger partial charge < -0.3 is 22.1 Å². The monoisotopic (exact) mass is 1880 g/mol. The highest BCUT2D eigenvalue weighted by molar-refractivity contribution is 6.13. The van der Waals surface area contributed by atoms with Crippen LogP contribution in [0.1, 0.15) is 319 Å². The highest BCUT2D eigenvalue weighted by atomic mass is 16.4. The summed E-state index contributed by atoms with van der Waals surface area (Å²) in [5.74, 6) is -4.31. The predicted molar refractivity (Wildman–Crippen MR) is 574 cm³/mol. The van der Waals surface area contributed by atoms with Gasteiger partial charge in [0.1, 0.15) is 35.2 Å². The molecule has 2 aliphatic rings. The highest BCUT2D eigenvalue weighted by Gasteiger charge is 2.32. The van der Waals surface area contributed by atoms with E-state index in [2.05, 4.69) is 218 Å². The number of benzene rings is 5. The quantitative estimate of drug-likeness (QED) is 0.0963. The minimum atomic E-state index is -2.68. The van der Waals surface area contributed by atoms with Crippen molar-refractivity contribution in [3.05, 3.63) is 297 Å². The number of pyridine rings is 10. The van der Waals surface area contributed by atoms with Crippen LogP contribution in [0.4, 0.5) is 0 Å². The van der Waals surface area contributed by atoms with Gasteiger partial charge in [-0.25, -0.2) is 47.8 Å². The molecule has 0 amide bonds. The van der Waals surface area contributed by atoms with E-state index in [9.17, 15) is 0 Å². The smallest absolute Gasteiger partial charge is 0.227 e. The molecule has 22 rings (SSSR count). The van der Waals surface area contributed by atoms with E-state index in [4.69, 9.17) is 53.1 Å². The molecule has 716 valence electrons. The van der Waals surface area contributed by atoms with Crippen LogP contribution in [0.5, 0.6) is 0 Å². The van der Waals surface area contributed by atoms with Crippen LogP contribution in [-0.4, -0.2) is 24.9 Å². The molecule has 0 N–H and O–H groups in total. The van der Waals surface area contributed by atoms with Crippen molar-refractivity contribution in [1.82, 2.24) is 24.9 Å². The summed E-state index contributed by atoms with van der Waals surface area (Å²) in [6, 6.07) is 60.1. The van der Waals surface area contributed by atoms with Crippen LogP contribution >= 0.6 is 0 Å². The molecular formula is C125H141N10O5+5. The van der Waals surface area contributed by atoms with Crippen LogP contribution in [-0.2, 0) is 41.7 Å². The number of rotatable bonds is 14. The molecular weight excluding hydrogens is 1720 g/mol. The first-order valence-electron chi connectivity index (χ1n) is 58.4. The zero-order chi connectivity index (χ0) is 115. The third kappa shape index (κ3) is 19.4. The van der Waals surface area contributed by atoms with Crippen molar-refractivity contribution < 1.29 is 71.0 Å². The van der Waals surface area contributed by atoms with E-state index in [1.165, 1.54) is 41.7 Å². The maximum absolute atomic E-state index is 9.02. The molecule has 2 aliphatic carbocycles. The Morgan fingerprint density at radius 3 is 0.979 bits per heavy atom. The van der Waals surface area contributed by atoms with Crippen molar-refractivity contribution in [2.75, 3.05) is 0 Å². The third-order valence-electron chi connectivity index (χ3n) is 27.5. The SMILES string of the molecule is [2H]C(C)(C)c1ccc2c(n1)oc1c(-c3cc(C(C)C)cc[n+]3C)c(C)ccc12.[2H]C([2H])([2H])C(C)(Cc1ccc2c(n1)oc1c(-c3cc(C(C)C)cc[n+]3C)c(C)ccc12)C([2H])([2H])[2H].[2H]C([2H])([2H])C([2H])(C)c1cc[n+](C)c(-c2c(C)ccc3c2oc2nc(C)ccc23)c1.[2H]C1([2H])CCCC([2H])([2H])C1([2H])c1ccc2c(n1)oc1c(-c3cc(C(C)C)cc[n+]3C)c(C)ccc12.[2H]C1([2H])CCCC1([2H])c1ccc2c(n1)oc1c(-c3cc(C(C)C)cc[n+]3C)c(C)ccc12. The zero-order valence-corrected chi connectivity index (χ0v) is 85.0. The second-order valence-corrected chi connectivity index (χ2v) is 39.9. The molecule has 20 aromatic rings. The van der Waals surface area contributed by atoms with Gasteiger partial charge in [-0.15, -0.1) is 0 Å². The molecule has 2 atom stereocenters. The Morgan fingerprint density at radius 1 is 0.336 bits per heavy atom. The van der Waals surface area contributed by atoms with Crippen LogP contribution in [0.25, 0.3) is 167 Å². The minimum absolute atomic E-state index is 0.0735. The van der Waals surface area contributed by atoms with E-state index < -0.39 is 68.7 Å². The van der Waals surface area contributed by atoms with Gasteiger partial charge in [0.2, 0.25) is 57.0 Å². The van der Waals surface area contributed by atoms with Crippen LogP contribution < -0.4 is 22.8 Å². The molecule has 2 saturated carbocycles. The molecule has 0 aliphatic heterocycles. The van der Waals surface area contributed by atoms with E-state index in [0.717, 1.165) is 149 Å². The minimum Gasteiger partial charge on any atom is -0.437 e. The Morgan fingerprint density at radius 2 is 0.636 bits per heavy atom. The molecule has 2 unspecified atom stereocenters. The van der Waals surface area contributed by atoms with Crippen molar-refractivity contribution in [2.24, 2.45) is 40.7 Å². The summed E-state index contributed by atoms with van der Waals surface area (Å²) in [4.78, 5) is 23.0. The maximum Gasteiger partial charge on any atom is 0.227 e. The van der Waals surface area contributed by atoms with E-state index >= 15 is 0 Å². The molecule has 2 fully saturated rings. The third-order valence-corrected chi connectivity index (χ3v) is 27.5. The molecule has 5 aromatic carbocycles. The summed E-state index contributed by atoms with van der Waals surface area (Å²) in [7, 11) is 10.0. The van der Waals surface area contributed by atoms with E-state index in [1.54, 1.807) is 36.5 Å². The number of aromatic nitrogens is 10. The lowest BCUT2D eigenvalue weighted by Gasteiger charge is -2.20. The Kier molecular flexibility index (Phi) is 21.4. The Labute approximate surface area is 852 Å². The van der Waals surface area contributed by atoms with Gasteiger partial charge in [-0.05, 0) is 231 Å². The van der Waals surface area contributed by atoms with Crippen LogP contribution in [0.3, 0.4) is 0 Å². The average Bonchev–Trinajstić information content (AvgIpc) is 1.52. The van der Waals surface area contributed by atoms with E-state index in [1.807, 2.05) is 147 Å². The maximum atomic E-state index is 9.02. The van der Waals surface area contributed by atoms with Crippen LogP contribution in [0.2, 0.25) is 0 Å². The molecule has 15 heteroatoms. The number of furan rings is 5. The second-order valence-electron chi connectivity index (χ2n) is 39.9. The first-order valence-corrected chi connectivity index (χ1v) is 48.9. The van der Waals surface area contributed by atoms with Crippen molar-refractivity contribution in [2.45, 2.75) is 256 Å². The predicted octanol–water partition coefficient (Wildman–Crippen LogP) is 31.2. The molecule has 0 saturated heterocycles. The number of nitrogens with zero attached hydrogens (tertiary/aromatic N) is 10. The first kappa shape index (κ1) is 75.5. The van der Waals surface area contributed by atoms with Gasteiger partial charge in [-0.3, -0.25) is 0 Å². The Hall–Kier alpha value is -13.4. The fourth-order valence-electron chi connectivity index (χ4n) is 19.3. The first-order chi connectivity index (χ1) is 74.3. The summed E-state index contributed by atoms with van der Waals surface area (Å²) in [6.45, 7) is 28.3. The van der Waals surface area contributed by atoms with Crippen molar-refractivity contribution in [3.63, 3.8) is 0 Å². The van der Waals surface area contributed by atoms with Crippen LogP contribution in [0.15, 0.2) is 235 Å². The van der Waals surface area contributed by atoms with Gasteiger partial charge in [-0.2, -0.15) is 0 Å². The summed E-state index contributed by atoms with van der Waals surface area (Å²) in [5, 5.41) is 9.22. The summed E-state index contributed by atoms with van der Waals surface area (Å²) in [6.07, 6.45) is 6.42. The fraction of sp³-hybridized carbons (Fsp3) is 0.360. The number of aryl methyl sites for hydroxylation is 11. The lowest BCUT2D eigenvalue weighted by molar-refractivity contribution is -0.660. The van der Waals surface area contributed by atoms with Crippen molar-refractivity contribution >= 4 is 110 Å². The molecule has 15 aromatic heterocycles. The topological polar surface area (TPSA) is 150 Å². The molecule has 0 radical (unpaired) electrons. The van der Waals surface area contributed by atoms with Crippen molar-refractivity contribution in [1.29, 1.82) is 0 Å². The summed E-state index contributed by atoms with van der Waals surface area (Å²) in [5.41, 5.74) is 27.5. The van der Waals surface area contributed by atoms with Crippen molar-refractivity contribution in [3.8, 4) is 56.3 Å². The van der Waals surface area contributed by atoms with Gasteiger partial charge >= 0.3 is 0 Å². The lowest BCUT2D eigenvalue weighted by Crippen LogP contribution is -2.31. The molecule has 0 bridgehead atoms. The number of hydrogen-bond acceptors (Lipinski definition) is 10. The zero-order valence-electron chi connectivity index (χ0n) is 104. The summed E-state index contributed by atoms with van der Waals surface area (Å²) < 4.78 is 198. The highest BCUT2D eigenvalue weighted by Crippen LogP contribution is 2.46. The molecule has 0 spiro atoms.